The van der Waals surface area contributed by atoms with Crippen molar-refractivity contribution >= 4 is 5.91 Å². The maximum Gasteiger partial charge on any atom is 0.252 e. The Bertz CT molecular complexity index is 781. The van der Waals surface area contributed by atoms with E-state index in [1.54, 1.807) is 18.2 Å². The molecule has 25 heavy (non-hydrogen) atoms. The van der Waals surface area contributed by atoms with Crippen LogP contribution in [0.4, 0.5) is 4.39 Å². The number of benzene rings is 2. The second-order valence-electron chi connectivity index (χ2n) is 5.82. The average Bonchev–Trinajstić information content (AvgIpc) is 3.01. The van der Waals surface area contributed by atoms with Gasteiger partial charge in [0.05, 0.1) is 27.4 Å². The van der Waals surface area contributed by atoms with Gasteiger partial charge in [-0.2, -0.15) is 0 Å². The first-order valence-corrected chi connectivity index (χ1v) is 7.96. The molecule has 0 spiro atoms. The highest BCUT2D eigenvalue weighted by Crippen LogP contribution is 2.38. The molecule has 2 aromatic carbocycles. The molecular weight excluding hydrogens is 325 g/mol. The first-order valence-electron chi connectivity index (χ1n) is 7.96. The van der Waals surface area contributed by atoms with E-state index in [1.807, 2.05) is 0 Å². The van der Waals surface area contributed by atoms with Crippen LogP contribution in [-0.2, 0) is 6.42 Å². The van der Waals surface area contributed by atoms with Gasteiger partial charge in [0, 0.05) is 5.56 Å². The van der Waals surface area contributed by atoms with Crippen LogP contribution in [-0.4, -0.2) is 27.2 Å². The third kappa shape index (κ3) is 3.24. The Kier molecular flexibility index (Phi) is 4.79. The largest absolute Gasteiger partial charge is 0.493 e. The number of nitrogens with one attached hydrogen (secondary N) is 1. The molecule has 1 N–H and O–H groups in total. The number of methoxy groups -OCH3 is 3. The van der Waals surface area contributed by atoms with Gasteiger partial charge in [0.25, 0.3) is 5.91 Å². The topological polar surface area (TPSA) is 56.8 Å². The molecule has 1 unspecified atom stereocenters. The normalized spacial score (nSPS) is 15.4. The number of carbonyl (C=O) groups is 1. The fourth-order valence-corrected chi connectivity index (χ4v) is 3.19. The van der Waals surface area contributed by atoms with Crippen LogP contribution in [0.25, 0.3) is 0 Å². The van der Waals surface area contributed by atoms with Crippen molar-refractivity contribution in [2.24, 2.45) is 0 Å². The summed E-state index contributed by atoms with van der Waals surface area (Å²) >= 11 is 0. The lowest BCUT2D eigenvalue weighted by molar-refractivity contribution is 0.0936. The van der Waals surface area contributed by atoms with Crippen LogP contribution < -0.4 is 19.5 Å². The molecule has 0 aliphatic heterocycles. The summed E-state index contributed by atoms with van der Waals surface area (Å²) < 4.78 is 29.2. The third-order valence-electron chi connectivity index (χ3n) is 4.42. The molecule has 1 aliphatic rings. The van der Waals surface area contributed by atoms with Crippen LogP contribution in [0.15, 0.2) is 30.3 Å². The summed E-state index contributed by atoms with van der Waals surface area (Å²) in [6.45, 7) is 0. The van der Waals surface area contributed by atoms with Gasteiger partial charge in [-0.05, 0) is 48.2 Å². The molecule has 6 heteroatoms. The lowest BCUT2D eigenvalue weighted by atomic mass is 10.1. The van der Waals surface area contributed by atoms with Gasteiger partial charge < -0.3 is 19.5 Å². The Labute approximate surface area is 145 Å². The van der Waals surface area contributed by atoms with Crippen LogP contribution in [0.1, 0.15) is 33.9 Å². The second-order valence-corrected chi connectivity index (χ2v) is 5.82. The summed E-state index contributed by atoms with van der Waals surface area (Å²) in [5.41, 5.74) is 2.31. The van der Waals surface area contributed by atoms with Gasteiger partial charge in [-0.15, -0.1) is 0 Å². The van der Waals surface area contributed by atoms with Crippen LogP contribution in [0.3, 0.4) is 0 Å². The summed E-state index contributed by atoms with van der Waals surface area (Å²) in [4.78, 5) is 12.7. The van der Waals surface area contributed by atoms with E-state index in [-0.39, 0.29) is 17.8 Å². The molecule has 1 aliphatic carbocycles. The van der Waals surface area contributed by atoms with E-state index in [9.17, 15) is 9.18 Å². The molecule has 0 saturated carbocycles. The average molecular weight is 345 g/mol. The molecule has 0 saturated heterocycles. The molecule has 1 amide bonds. The number of rotatable bonds is 5. The first-order chi connectivity index (χ1) is 12.1. The number of hydrogen-bond donors (Lipinski definition) is 1. The standard InChI is InChI=1S/C19H20FNO4/c1-23-16-9-12(10-17(24-2)18(16)25-3)19(22)21-15-7-4-11-8-13(20)5-6-14(11)15/h5-6,8-10,15H,4,7H2,1-3H3,(H,21,22). The molecule has 0 fully saturated rings. The van der Waals surface area contributed by atoms with E-state index in [1.165, 1.54) is 33.5 Å². The number of aryl methyl sites for hydroxylation is 1. The molecule has 0 aromatic heterocycles. The zero-order valence-corrected chi connectivity index (χ0v) is 14.4. The number of amides is 1. The van der Waals surface area contributed by atoms with Crippen molar-refractivity contribution in [1.82, 2.24) is 5.32 Å². The summed E-state index contributed by atoms with van der Waals surface area (Å²) in [5, 5.41) is 3.00. The molecular formula is C19H20FNO4. The van der Waals surface area contributed by atoms with Gasteiger partial charge >= 0.3 is 0 Å². The fraction of sp³-hybridized carbons (Fsp3) is 0.316. The molecule has 3 rings (SSSR count). The molecule has 0 radical (unpaired) electrons. The Balaban J connectivity index is 1.85. The summed E-state index contributed by atoms with van der Waals surface area (Å²) in [6, 6.07) is 7.76. The zero-order chi connectivity index (χ0) is 18.0. The van der Waals surface area contributed by atoms with E-state index >= 15 is 0 Å². The quantitative estimate of drug-likeness (QED) is 0.904. The Morgan fingerprint density at radius 3 is 2.36 bits per heavy atom. The van der Waals surface area contributed by atoms with Crippen molar-refractivity contribution in [3.63, 3.8) is 0 Å². The Morgan fingerprint density at radius 2 is 1.76 bits per heavy atom. The summed E-state index contributed by atoms with van der Waals surface area (Å²) in [5.74, 6) is 0.766. The fourth-order valence-electron chi connectivity index (χ4n) is 3.19. The van der Waals surface area contributed by atoms with Crippen molar-refractivity contribution in [1.29, 1.82) is 0 Å². The predicted molar refractivity (Wildman–Crippen MR) is 91.0 cm³/mol. The third-order valence-corrected chi connectivity index (χ3v) is 4.42. The highest BCUT2D eigenvalue weighted by atomic mass is 19.1. The minimum absolute atomic E-state index is 0.137. The van der Waals surface area contributed by atoms with E-state index in [2.05, 4.69) is 5.32 Å². The van der Waals surface area contributed by atoms with Gasteiger partial charge in [-0.3, -0.25) is 4.79 Å². The van der Waals surface area contributed by atoms with Crippen molar-refractivity contribution in [2.45, 2.75) is 18.9 Å². The van der Waals surface area contributed by atoms with E-state index in [4.69, 9.17) is 14.2 Å². The second kappa shape index (κ2) is 7.01. The van der Waals surface area contributed by atoms with Crippen molar-refractivity contribution in [3.8, 4) is 17.2 Å². The Morgan fingerprint density at radius 1 is 1.08 bits per heavy atom. The van der Waals surface area contributed by atoms with Crippen LogP contribution in [0.2, 0.25) is 0 Å². The monoisotopic (exact) mass is 345 g/mol. The summed E-state index contributed by atoms with van der Waals surface area (Å²) in [6.07, 6.45) is 1.49. The highest BCUT2D eigenvalue weighted by molar-refractivity contribution is 5.96. The van der Waals surface area contributed by atoms with Crippen molar-refractivity contribution in [2.75, 3.05) is 21.3 Å². The number of halogens is 1. The van der Waals surface area contributed by atoms with E-state index in [0.717, 1.165) is 24.0 Å². The van der Waals surface area contributed by atoms with Crippen molar-refractivity contribution < 1.29 is 23.4 Å². The van der Waals surface area contributed by atoms with Crippen LogP contribution in [0, 0.1) is 5.82 Å². The molecule has 1 atom stereocenters. The molecule has 2 aromatic rings. The number of fused-ring (bicyclic) bond motifs is 1. The maximum absolute atomic E-state index is 13.3. The van der Waals surface area contributed by atoms with Gasteiger partial charge in [-0.25, -0.2) is 4.39 Å². The van der Waals surface area contributed by atoms with Gasteiger partial charge in [0.2, 0.25) is 5.75 Å². The Hall–Kier alpha value is -2.76. The molecule has 5 nitrogen and oxygen atoms in total. The maximum atomic E-state index is 13.3. The zero-order valence-electron chi connectivity index (χ0n) is 14.4. The van der Waals surface area contributed by atoms with Gasteiger partial charge in [0.15, 0.2) is 11.5 Å². The smallest absolute Gasteiger partial charge is 0.252 e. The lowest BCUT2D eigenvalue weighted by Gasteiger charge is -2.17. The lowest BCUT2D eigenvalue weighted by Crippen LogP contribution is -2.27. The number of carbonyl (C=O) groups excluding carboxylic acids is 1. The molecule has 0 heterocycles. The molecule has 132 valence electrons. The SMILES string of the molecule is COc1cc(C(=O)NC2CCc3cc(F)ccc32)cc(OC)c1OC. The minimum Gasteiger partial charge on any atom is -0.493 e. The van der Waals surface area contributed by atoms with Gasteiger partial charge in [0.1, 0.15) is 5.82 Å². The minimum atomic E-state index is -0.254. The first kappa shape index (κ1) is 17.1. The number of ether oxygens (including phenoxy) is 3. The van der Waals surface area contributed by atoms with E-state index < -0.39 is 0 Å². The molecule has 0 bridgehead atoms. The van der Waals surface area contributed by atoms with E-state index in [0.29, 0.717) is 22.8 Å². The predicted octanol–water partition coefficient (Wildman–Crippen LogP) is 3.27. The van der Waals surface area contributed by atoms with Crippen molar-refractivity contribution in [3.05, 3.63) is 52.8 Å². The van der Waals surface area contributed by atoms with Crippen LogP contribution in [0.5, 0.6) is 17.2 Å². The summed E-state index contributed by atoms with van der Waals surface area (Å²) in [7, 11) is 4.51. The number of hydrogen-bond acceptors (Lipinski definition) is 4. The highest BCUT2D eigenvalue weighted by Gasteiger charge is 2.25. The van der Waals surface area contributed by atoms with Gasteiger partial charge in [-0.1, -0.05) is 6.07 Å². The van der Waals surface area contributed by atoms with Crippen LogP contribution >= 0.6 is 0 Å².